The van der Waals surface area contributed by atoms with Crippen molar-refractivity contribution in [3.8, 4) is 0 Å². The van der Waals surface area contributed by atoms with Gasteiger partial charge >= 0.3 is 5.97 Å². The standard InChI is InChI=1S/C17H28O3Si/c1-7-15(20-21(5,6)17(2,3)4)16(18)19-13-14-11-9-8-10-12-14/h8-12,15H,7,13H2,1-6H3. The minimum Gasteiger partial charge on any atom is -0.459 e. The van der Waals surface area contributed by atoms with E-state index in [4.69, 9.17) is 9.16 Å². The molecular formula is C17H28O3Si. The second-order valence-corrected chi connectivity index (χ2v) is 11.6. The number of esters is 1. The normalized spacial score (nSPS) is 13.8. The van der Waals surface area contributed by atoms with E-state index in [0.29, 0.717) is 13.0 Å². The molecular weight excluding hydrogens is 280 g/mol. The Labute approximate surface area is 129 Å². The van der Waals surface area contributed by atoms with Crippen molar-refractivity contribution in [2.45, 2.75) is 65.0 Å². The first kappa shape index (κ1) is 17.9. The van der Waals surface area contributed by atoms with Crippen LogP contribution in [0.4, 0.5) is 0 Å². The lowest BCUT2D eigenvalue weighted by Crippen LogP contribution is -2.46. The Hall–Kier alpha value is -1.13. The maximum atomic E-state index is 12.2. The fraction of sp³-hybridized carbons (Fsp3) is 0.588. The summed E-state index contributed by atoms with van der Waals surface area (Å²) < 4.78 is 11.6. The molecule has 21 heavy (non-hydrogen) atoms. The van der Waals surface area contributed by atoms with Gasteiger partial charge in [-0.2, -0.15) is 0 Å². The fourth-order valence-corrected chi connectivity index (χ4v) is 2.98. The van der Waals surface area contributed by atoms with Crippen LogP contribution in [-0.4, -0.2) is 20.4 Å². The predicted molar refractivity (Wildman–Crippen MR) is 88.6 cm³/mol. The highest BCUT2D eigenvalue weighted by Gasteiger charge is 2.40. The summed E-state index contributed by atoms with van der Waals surface area (Å²) in [5, 5.41) is 0.0835. The molecule has 0 heterocycles. The van der Waals surface area contributed by atoms with Gasteiger partial charge in [-0.15, -0.1) is 0 Å². The number of carbonyl (C=O) groups excluding carboxylic acids is 1. The Bertz CT molecular complexity index is 449. The summed E-state index contributed by atoms with van der Waals surface area (Å²) in [6.45, 7) is 13.1. The molecule has 0 aliphatic carbocycles. The summed E-state index contributed by atoms with van der Waals surface area (Å²) in [7, 11) is -1.96. The lowest BCUT2D eigenvalue weighted by atomic mass is 10.2. The molecule has 0 saturated carbocycles. The van der Waals surface area contributed by atoms with Gasteiger partial charge in [-0.05, 0) is 30.1 Å². The lowest BCUT2D eigenvalue weighted by molar-refractivity contribution is -0.154. The molecule has 0 spiro atoms. The van der Waals surface area contributed by atoms with Gasteiger partial charge in [0.1, 0.15) is 12.7 Å². The van der Waals surface area contributed by atoms with Gasteiger partial charge < -0.3 is 9.16 Å². The number of ether oxygens (including phenoxy) is 1. The highest BCUT2D eigenvalue weighted by Crippen LogP contribution is 2.37. The highest BCUT2D eigenvalue weighted by atomic mass is 28.4. The summed E-state index contributed by atoms with van der Waals surface area (Å²) in [6.07, 6.45) is 0.176. The monoisotopic (exact) mass is 308 g/mol. The third kappa shape index (κ3) is 5.29. The molecule has 0 aromatic heterocycles. The number of rotatable bonds is 6. The van der Waals surface area contributed by atoms with Crippen LogP contribution in [-0.2, 0) is 20.6 Å². The van der Waals surface area contributed by atoms with Crippen LogP contribution < -0.4 is 0 Å². The Morgan fingerprint density at radius 3 is 2.24 bits per heavy atom. The third-order valence-electron chi connectivity index (χ3n) is 4.10. The van der Waals surface area contributed by atoms with Crippen LogP contribution in [0.2, 0.25) is 18.1 Å². The molecule has 1 unspecified atom stereocenters. The molecule has 1 rings (SSSR count). The van der Waals surface area contributed by atoms with E-state index in [2.05, 4.69) is 33.9 Å². The van der Waals surface area contributed by atoms with Crippen LogP contribution in [0.25, 0.3) is 0 Å². The molecule has 1 atom stereocenters. The Balaban J connectivity index is 2.62. The second kappa shape index (κ2) is 7.23. The first-order valence-corrected chi connectivity index (χ1v) is 10.5. The van der Waals surface area contributed by atoms with E-state index in [1.54, 1.807) is 0 Å². The SMILES string of the molecule is CCC(O[Si](C)(C)C(C)(C)C)C(=O)OCc1ccccc1. The molecule has 0 N–H and O–H groups in total. The largest absolute Gasteiger partial charge is 0.459 e. The fourth-order valence-electron chi connectivity index (χ4n) is 1.65. The van der Waals surface area contributed by atoms with Gasteiger partial charge in [0.25, 0.3) is 0 Å². The molecule has 0 bridgehead atoms. The minimum atomic E-state index is -1.96. The van der Waals surface area contributed by atoms with E-state index in [1.165, 1.54) is 0 Å². The molecule has 0 radical (unpaired) electrons. The lowest BCUT2D eigenvalue weighted by Gasteiger charge is -2.38. The number of benzene rings is 1. The molecule has 4 heteroatoms. The first-order chi connectivity index (χ1) is 9.67. The summed E-state index contributed by atoms with van der Waals surface area (Å²) >= 11 is 0. The van der Waals surface area contributed by atoms with Crippen LogP contribution >= 0.6 is 0 Å². The van der Waals surface area contributed by atoms with E-state index >= 15 is 0 Å². The van der Waals surface area contributed by atoms with Gasteiger partial charge in [0.15, 0.2) is 8.32 Å². The van der Waals surface area contributed by atoms with Crippen LogP contribution in [0.5, 0.6) is 0 Å². The molecule has 118 valence electrons. The summed E-state index contributed by atoms with van der Waals surface area (Å²) in [5.41, 5.74) is 0.994. The maximum Gasteiger partial charge on any atom is 0.334 e. The van der Waals surface area contributed by atoms with Gasteiger partial charge in [0, 0.05) is 0 Å². The van der Waals surface area contributed by atoms with E-state index < -0.39 is 14.4 Å². The topological polar surface area (TPSA) is 35.5 Å². The van der Waals surface area contributed by atoms with Crippen LogP contribution in [0.1, 0.15) is 39.7 Å². The smallest absolute Gasteiger partial charge is 0.334 e. The van der Waals surface area contributed by atoms with Crippen LogP contribution in [0.3, 0.4) is 0 Å². The highest BCUT2D eigenvalue weighted by molar-refractivity contribution is 6.74. The molecule has 0 amide bonds. The third-order valence-corrected chi connectivity index (χ3v) is 8.59. The molecule has 0 aliphatic rings. The van der Waals surface area contributed by atoms with E-state index in [9.17, 15) is 4.79 Å². The summed E-state index contributed by atoms with van der Waals surface area (Å²) in [5.74, 6) is -0.258. The van der Waals surface area contributed by atoms with Crippen molar-refractivity contribution in [2.24, 2.45) is 0 Å². The van der Waals surface area contributed by atoms with Crippen molar-refractivity contribution < 1.29 is 14.0 Å². The molecule has 0 fully saturated rings. The Morgan fingerprint density at radius 2 is 1.76 bits per heavy atom. The van der Waals surface area contributed by atoms with Crippen molar-refractivity contribution >= 4 is 14.3 Å². The predicted octanol–water partition coefficient (Wildman–Crippen LogP) is 4.53. The zero-order valence-corrected chi connectivity index (χ0v) is 15.1. The number of hydrogen-bond acceptors (Lipinski definition) is 3. The first-order valence-electron chi connectivity index (χ1n) is 7.56. The van der Waals surface area contributed by atoms with Crippen molar-refractivity contribution in [1.82, 2.24) is 0 Å². The quantitative estimate of drug-likeness (QED) is 0.572. The van der Waals surface area contributed by atoms with Gasteiger partial charge in [-0.3, -0.25) is 0 Å². The minimum absolute atomic E-state index is 0.0835. The average Bonchev–Trinajstić information content (AvgIpc) is 2.42. The van der Waals surface area contributed by atoms with Gasteiger partial charge in [-0.25, -0.2) is 4.79 Å². The van der Waals surface area contributed by atoms with Crippen molar-refractivity contribution in [1.29, 1.82) is 0 Å². The van der Waals surface area contributed by atoms with E-state index in [1.807, 2.05) is 37.3 Å². The summed E-state index contributed by atoms with van der Waals surface area (Å²) in [4.78, 5) is 12.2. The van der Waals surface area contributed by atoms with Gasteiger partial charge in [0.2, 0.25) is 0 Å². The number of carbonyl (C=O) groups is 1. The molecule has 1 aromatic carbocycles. The average molecular weight is 308 g/mol. The summed E-state index contributed by atoms with van der Waals surface area (Å²) in [6, 6.07) is 9.71. The van der Waals surface area contributed by atoms with Crippen molar-refractivity contribution in [3.05, 3.63) is 35.9 Å². The molecule has 0 saturated heterocycles. The molecule has 3 nitrogen and oxygen atoms in total. The zero-order chi connectivity index (χ0) is 16.1. The van der Waals surface area contributed by atoms with E-state index in [0.717, 1.165) is 5.56 Å². The van der Waals surface area contributed by atoms with Gasteiger partial charge in [0.05, 0.1) is 0 Å². The van der Waals surface area contributed by atoms with Crippen molar-refractivity contribution in [2.75, 3.05) is 0 Å². The van der Waals surface area contributed by atoms with Crippen LogP contribution in [0.15, 0.2) is 30.3 Å². The maximum absolute atomic E-state index is 12.2. The van der Waals surface area contributed by atoms with Crippen molar-refractivity contribution in [3.63, 3.8) is 0 Å². The Kier molecular flexibility index (Phi) is 6.17. The number of hydrogen-bond donors (Lipinski definition) is 0. The van der Waals surface area contributed by atoms with E-state index in [-0.39, 0.29) is 11.0 Å². The second-order valence-electron chi connectivity index (χ2n) is 6.87. The molecule has 0 aliphatic heterocycles. The zero-order valence-electron chi connectivity index (χ0n) is 14.1. The van der Waals surface area contributed by atoms with Crippen LogP contribution in [0, 0.1) is 0 Å². The Morgan fingerprint density at radius 1 is 1.19 bits per heavy atom. The molecule has 1 aromatic rings. The van der Waals surface area contributed by atoms with Gasteiger partial charge in [-0.1, -0.05) is 58.0 Å².